The number of thioether (sulfide) groups is 1. The van der Waals surface area contributed by atoms with E-state index in [1.807, 2.05) is 31.7 Å². The second-order valence-electron chi connectivity index (χ2n) is 5.52. The highest BCUT2D eigenvalue weighted by atomic mass is 32.2. The Hall–Kier alpha value is -1.67. The highest BCUT2D eigenvalue weighted by molar-refractivity contribution is 7.98. The van der Waals surface area contributed by atoms with Gasteiger partial charge in [-0.2, -0.15) is 11.8 Å². The van der Waals surface area contributed by atoms with Crippen LogP contribution < -0.4 is 5.32 Å². The molecule has 0 aliphatic heterocycles. The van der Waals surface area contributed by atoms with Gasteiger partial charge in [-0.25, -0.2) is 0 Å². The Bertz CT molecular complexity index is 618. The summed E-state index contributed by atoms with van der Waals surface area (Å²) in [4.78, 5) is 0. The van der Waals surface area contributed by atoms with Gasteiger partial charge in [0.1, 0.15) is 0 Å². The number of fused-ring (bicyclic) bond motifs is 1. The molecule has 2 aromatic carbocycles. The molecule has 0 spiro atoms. The molecule has 25 heavy (non-hydrogen) atoms. The van der Waals surface area contributed by atoms with E-state index < -0.39 is 0 Å². The zero-order valence-corrected chi connectivity index (χ0v) is 17.5. The Morgan fingerprint density at radius 3 is 2.28 bits per heavy atom. The zero-order valence-electron chi connectivity index (χ0n) is 16.6. The van der Waals surface area contributed by atoms with Gasteiger partial charge in [-0.05, 0) is 40.8 Å². The van der Waals surface area contributed by atoms with Crippen LogP contribution in [0.25, 0.3) is 16.5 Å². The number of nitrogens with one attached hydrogen (secondary N) is 1. The molecule has 0 aliphatic carbocycles. The Kier molecular flexibility index (Phi) is 13.7. The van der Waals surface area contributed by atoms with Crippen LogP contribution in [0.3, 0.4) is 0 Å². The first-order chi connectivity index (χ1) is 12.2. The SMILES string of the molecule is C=CC(CCSC)NC(=C)c1ccc2ccccc2c1.CC.CCC. The third-order valence-electron chi connectivity index (χ3n) is 3.38. The first-order valence-electron chi connectivity index (χ1n) is 9.22. The molecule has 0 heterocycles. The van der Waals surface area contributed by atoms with Gasteiger partial charge in [-0.15, -0.1) is 6.58 Å². The summed E-state index contributed by atoms with van der Waals surface area (Å²) in [6, 6.07) is 15.1. The van der Waals surface area contributed by atoms with Crippen molar-refractivity contribution in [3.05, 3.63) is 67.3 Å². The van der Waals surface area contributed by atoms with Crippen molar-refractivity contribution < 1.29 is 0 Å². The van der Waals surface area contributed by atoms with Gasteiger partial charge in [0.2, 0.25) is 0 Å². The van der Waals surface area contributed by atoms with Crippen molar-refractivity contribution in [2.45, 2.75) is 46.6 Å². The van der Waals surface area contributed by atoms with Crippen LogP contribution in [0.2, 0.25) is 0 Å². The molecule has 2 heteroatoms. The summed E-state index contributed by atoms with van der Waals surface area (Å²) < 4.78 is 0. The highest BCUT2D eigenvalue weighted by Gasteiger charge is 2.06. The predicted octanol–water partition coefficient (Wildman–Crippen LogP) is 7.15. The Morgan fingerprint density at radius 1 is 1.12 bits per heavy atom. The maximum absolute atomic E-state index is 4.16. The van der Waals surface area contributed by atoms with Gasteiger partial charge >= 0.3 is 0 Å². The van der Waals surface area contributed by atoms with Crippen LogP contribution in [0.5, 0.6) is 0 Å². The van der Waals surface area contributed by atoms with E-state index in [2.05, 4.69) is 81.0 Å². The molecule has 138 valence electrons. The van der Waals surface area contributed by atoms with Gasteiger partial charge in [0.25, 0.3) is 0 Å². The molecule has 0 aliphatic rings. The lowest BCUT2D eigenvalue weighted by Gasteiger charge is -2.18. The molecule has 1 unspecified atom stereocenters. The molecule has 0 fully saturated rings. The monoisotopic (exact) mass is 357 g/mol. The van der Waals surface area contributed by atoms with Crippen LogP contribution in [0.15, 0.2) is 61.7 Å². The fourth-order valence-electron chi connectivity index (χ4n) is 2.18. The van der Waals surface area contributed by atoms with Gasteiger partial charge in [-0.3, -0.25) is 0 Å². The molecular weight excluding hydrogens is 322 g/mol. The molecule has 0 saturated heterocycles. The molecule has 0 radical (unpaired) electrons. The minimum Gasteiger partial charge on any atom is -0.379 e. The quantitative estimate of drug-likeness (QED) is 0.528. The summed E-state index contributed by atoms with van der Waals surface area (Å²) in [6.07, 6.45) is 6.40. The fourth-order valence-corrected chi connectivity index (χ4v) is 2.67. The van der Waals surface area contributed by atoms with E-state index in [-0.39, 0.29) is 6.04 Å². The van der Waals surface area contributed by atoms with Crippen LogP contribution in [0.4, 0.5) is 0 Å². The first kappa shape index (κ1) is 23.3. The maximum Gasteiger partial charge on any atom is 0.0449 e. The largest absolute Gasteiger partial charge is 0.379 e. The third kappa shape index (κ3) is 8.83. The molecular formula is C23H35NS. The van der Waals surface area contributed by atoms with E-state index in [9.17, 15) is 0 Å². The van der Waals surface area contributed by atoms with Crippen LogP contribution >= 0.6 is 11.8 Å². The molecule has 0 aromatic heterocycles. The van der Waals surface area contributed by atoms with Crippen molar-refractivity contribution in [2.75, 3.05) is 12.0 Å². The minimum absolute atomic E-state index is 0.279. The average Bonchev–Trinajstić information content (AvgIpc) is 2.66. The molecule has 1 N–H and O–H groups in total. The Balaban J connectivity index is 0.00000104. The molecule has 1 atom stereocenters. The van der Waals surface area contributed by atoms with Gasteiger partial charge in [-0.1, -0.05) is 83.2 Å². The lowest BCUT2D eigenvalue weighted by Crippen LogP contribution is -2.25. The van der Waals surface area contributed by atoms with Crippen molar-refractivity contribution in [3.8, 4) is 0 Å². The fraction of sp³-hybridized carbons (Fsp3) is 0.391. The molecule has 2 rings (SSSR count). The van der Waals surface area contributed by atoms with E-state index in [1.165, 1.54) is 17.2 Å². The second-order valence-corrected chi connectivity index (χ2v) is 6.50. The second kappa shape index (κ2) is 14.7. The Labute approximate surface area is 159 Å². The maximum atomic E-state index is 4.16. The topological polar surface area (TPSA) is 12.0 Å². The minimum atomic E-state index is 0.279. The van der Waals surface area contributed by atoms with E-state index >= 15 is 0 Å². The standard InChI is InChI=1S/C18H21NS.C3H8.C2H6/c1-4-18(11-12-20-3)19-14(2)16-10-9-15-7-5-6-8-17(15)13-16;1-3-2;1-2/h4-10,13,18-19H,1-2,11-12H2,3H3;3H2,1-2H3;1-2H3. The van der Waals surface area contributed by atoms with Gasteiger partial charge < -0.3 is 5.32 Å². The third-order valence-corrected chi connectivity index (χ3v) is 4.02. The van der Waals surface area contributed by atoms with E-state index in [4.69, 9.17) is 0 Å². The van der Waals surface area contributed by atoms with Crippen molar-refractivity contribution >= 4 is 28.2 Å². The van der Waals surface area contributed by atoms with Crippen LogP contribution in [0.1, 0.15) is 46.1 Å². The summed E-state index contributed by atoms with van der Waals surface area (Å²) in [7, 11) is 0. The van der Waals surface area contributed by atoms with Crippen molar-refractivity contribution in [2.24, 2.45) is 0 Å². The summed E-state index contributed by atoms with van der Waals surface area (Å²) in [5.74, 6) is 1.12. The molecule has 0 bridgehead atoms. The van der Waals surface area contributed by atoms with Crippen molar-refractivity contribution in [1.82, 2.24) is 5.32 Å². The molecule has 0 saturated carbocycles. The Morgan fingerprint density at radius 2 is 1.72 bits per heavy atom. The lowest BCUT2D eigenvalue weighted by atomic mass is 10.0. The van der Waals surface area contributed by atoms with Gasteiger partial charge in [0, 0.05) is 11.7 Å². The summed E-state index contributed by atoms with van der Waals surface area (Å²) in [5, 5.41) is 5.96. The molecule has 2 aromatic rings. The van der Waals surface area contributed by atoms with Crippen LogP contribution in [-0.2, 0) is 0 Å². The normalized spacial score (nSPS) is 10.6. The number of hydrogen-bond donors (Lipinski definition) is 1. The summed E-state index contributed by atoms with van der Waals surface area (Å²) >= 11 is 1.85. The smallest absolute Gasteiger partial charge is 0.0449 e. The van der Waals surface area contributed by atoms with Crippen LogP contribution in [-0.4, -0.2) is 18.1 Å². The lowest BCUT2D eigenvalue weighted by molar-refractivity contribution is 0.697. The van der Waals surface area contributed by atoms with E-state index in [1.54, 1.807) is 0 Å². The highest BCUT2D eigenvalue weighted by Crippen LogP contribution is 2.19. The van der Waals surface area contributed by atoms with Crippen molar-refractivity contribution in [1.29, 1.82) is 0 Å². The predicted molar refractivity (Wildman–Crippen MR) is 120 cm³/mol. The zero-order chi connectivity index (χ0) is 19.1. The van der Waals surface area contributed by atoms with Gasteiger partial charge in [0.05, 0.1) is 0 Å². The summed E-state index contributed by atoms with van der Waals surface area (Å²) in [5.41, 5.74) is 2.10. The average molecular weight is 358 g/mol. The summed E-state index contributed by atoms with van der Waals surface area (Å²) in [6.45, 7) is 16.3. The molecule has 1 nitrogen and oxygen atoms in total. The van der Waals surface area contributed by atoms with E-state index in [0.29, 0.717) is 0 Å². The molecule has 0 amide bonds. The van der Waals surface area contributed by atoms with Crippen LogP contribution in [0, 0.1) is 0 Å². The van der Waals surface area contributed by atoms with Gasteiger partial charge in [0.15, 0.2) is 0 Å². The number of hydrogen-bond acceptors (Lipinski definition) is 2. The first-order valence-corrected chi connectivity index (χ1v) is 10.6. The number of rotatable bonds is 7. The van der Waals surface area contributed by atoms with E-state index in [0.717, 1.165) is 23.4 Å². The van der Waals surface area contributed by atoms with Crippen molar-refractivity contribution in [3.63, 3.8) is 0 Å². The number of benzene rings is 2.